The van der Waals surface area contributed by atoms with Crippen LogP contribution in [0.2, 0.25) is 5.02 Å². The number of methoxy groups -OCH3 is 1. The first-order valence-electron chi connectivity index (χ1n) is 9.91. The van der Waals surface area contributed by atoms with Crippen molar-refractivity contribution >= 4 is 39.1 Å². The van der Waals surface area contributed by atoms with Crippen molar-refractivity contribution in [1.82, 2.24) is 9.62 Å². The van der Waals surface area contributed by atoms with Crippen LogP contribution in [0, 0.1) is 6.92 Å². The van der Waals surface area contributed by atoms with Gasteiger partial charge in [-0.2, -0.15) is 4.31 Å². The smallest absolute Gasteiger partial charge is 0.247 e. The molecule has 0 radical (unpaired) electrons. The molecule has 0 saturated carbocycles. The van der Waals surface area contributed by atoms with Gasteiger partial charge >= 0.3 is 0 Å². The van der Waals surface area contributed by atoms with Gasteiger partial charge in [0.2, 0.25) is 21.8 Å². The number of nitrogens with zero attached hydrogens (tertiary/aromatic N) is 2. The lowest BCUT2D eigenvalue weighted by Crippen LogP contribution is -2.70. The first kappa shape index (κ1) is 24.0. The maximum atomic E-state index is 13.5. The van der Waals surface area contributed by atoms with Gasteiger partial charge in [0, 0.05) is 18.1 Å². The van der Waals surface area contributed by atoms with Crippen LogP contribution in [0.15, 0.2) is 42.5 Å². The SMILES string of the molecule is COc1ccc(C)cc1N1C(=O)CN(S(C)(=O)=O)C[C@]1(C)C(=O)NCc1ccc(Cl)cc1. The van der Waals surface area contributed by atoms with Crippen molar-refractivity contribution < 1.29 is 22.7 Å². The highest BCUT2D eigenvalue weighted by Gasteiger charge is 2.51. The molecule has 0 bridgehead atoms. The number of sulfonamides is 1. The van der Waals surface area contributed by atoms with Gasteiger partial charge in [-0.05, 0) is 49.2 Å². The van der Waals surface area contributed by atoms with E-state index in [0.717, 1.165) is 21.7 Å². The number of benzene rings is 2. The summed E-state index contributed by atoms with van der Waals surface area (Å²) in [6.07, 6.45) is 1.02. The van der Waals surface area contributed by atoms with Crippen LogP contribution in [0.4, 0.5) is 5.69 Å². The summed E-state index contributed by atoms with van der Waals surface area (Å²) >= 11 is 5.92. The Kier molecular flexibility index (Phi) is 6.83. The second kappa shape index (κ2) is 9.09. The van der Waals surface area contributed by atoms with E-state index in [1.807, 2.05) is 13.0 Å². The molecule has 1 heterocycles. The fourth-order valence-corrected chi connectivity index (χ4v) is 4.68. The zero-order chi connectivity index (χ0) is 23.7. The molecule has 8 nitrogen and oxygen atoms in total. The minimum atomic E-state index is -3.70. The van der Waals surface area contributed by atoms with Crippen LogP contribution in [0.25, 0.3) is 0 Å². The molecule has 1 aliphatic heterocycles. The molecule has 0 aliphatic carbocycles. The Morgan fingerprint density at radius 1 is 1.22 bits per heavy atom. The molecule has 2 aromatic rings. The number of rotatable bonds is 6. The Labute approximate surface area is 193 Å². The molecule has 1 aliphatic rings. The van der Waals surface area contributed by atoms with Gasteiger partial charge in [0.25, 0.3) is 0 Å². The highest BCUT2D eigenvalue weighted by molar-refractivity contribution is 7.88. The van der Waals surface area contributed by atoms with E-state index in [9.17, 15) is 18.0 Å². The average Bonchev–Trinajstić information content (AvgIpc) is 2.72. The molecule has 0 spiro atoms. The summed E-state index contributed by atoms with van der Waals surface area (Å²) in [6.45, 7) is 3.05. The van der Waals surface area contributed by atoms with Crippen LogP contribution >= 0.6 is 11.6 Å². The van der Waals surface area contributed by atoms with Gasteiger partial charge in [0.1, 0.15) is 11.3 Å². The lowest BCUT2D eigenvalue weighted by atomic mass is 9.94. The number of anilines is 1. The zero-order valence-electron chi connectivity index (χ0n) is 18.4. The van der Waals surface area contributed by atoms with E-state index in [2.05, 4.69) is 5.32 Å². The molecule has 1 N–H and O–H groups in total. The van der Waals surface area contributed by atoms with Crippen LogP contribution in [-0.2, 0) is 26.2 Å². The molecule has 2 amide bonds. The minimum absolute atomic E-state index is 0.192. The van der Waals surface area contributed by atoms with Crippen molar-refractivity contribution in [3.8, 4) is 5.75 Å². The lowest BCUT2D eigenvalue weighted by Gasteiger charge is -2.46. The number of hydrogen-bond donors (Lipinski definition) is 1. The molecule has 0 aromatic heterocycles. The summed E-state index contributed by atoms with van der Waals surface area (Å²) in [5, 5.41) is 3.41. The number of halogens is 1. The van der Waals surface area contributed by atoms with Crippen LogP contribution in [0.3, 0.4) is 0 Å². The third kappa shape index (κ3) is 4.90. The first-order valence-corrected chi connectivity index (χ1v) is 12.1. The van der Waals surface area contributed by atoms with Gasteiger partial charge in [0.05, 0.1) is 25.6 Å². The monoisotopic (exact) mass is 479 g/mol. The topological polar surface area (TPSA) is 96.0 Å². The van der Waals surface area contributed by atoms with Gasteiger partial charge in [-0.1, -0.05) is 29.8 Å². The zero-order valence-corrected chi connectivity index (χ0v) is 20.0. The predicted molar refractivity (Wildman–Crippen MR) is 123 cm³/mol. The lowest BCUT2D eigenvalue weighted by molar-refractivity contribution is -0.133. The normalized spacial score (nSPS) is 19.7. The highest BCUT2D eigenvalue weighted by atomic mass is 35.5. The van der Waals surface area contributed by atoms with Crippen molar-refractivity contribution in [2.75, 3.05) is 31.4 Å². The maximum absolute atomic E-state index is 13.5. The van der Waals surface area contributed by atoms with E-state index < -0.39 is 27.4 Å². The number of nitrogens with one attached hydrogen (secondary N) is 1. The molecule has 10 heteroatoms. The van der Waals surface area contributed by atoms with E-state index in [-0.39, 0.29) is 19.6 Å². The summed E-state index contributed by atoms with van der Waals surface area (Å²) in [6, 6.07) is 12.3. The quantitative estimate of drug-likeness (QED) is 0.686. The minimum Gasteiger partial charge on any atom is -0.495 e. The van der Waals surface area contributed by atoms with Crippen molar-refractivity contribution in [2.45, 2.75) is 25.9 Å². The third-order valence-electron chi connectivity index (χ3n) is 5.44. The van der Waals surface area contributed by atoms with E-state index in [0.29, 0.717) is 16.5 Å². The van der Waals surface area contributed by atoms with Crippen molar-refractivity contribution in [1.29, 1.82) is 0 Å². The number of aryl methyl sites for hydroxylation is 1. The summed E-state index contributed by atoms with van der Waals surface area (Å²) in [7, 11) is -2.23. The standard InChI is InChI=1S/C22H26ClN3O5S/c1-15-5-10-19(31-3)18(11-15)26-20(27)13-25(32(4,29)30)14-22(26,2)21(28)24-12-16-6-8-17(23)9-7-16/h5-11H,12-14H2,1-4H3,(H,24,28)/t22-/m1/s1. The maximum Gasteiger partial charge on any atom is 0.247 e. The second-order valence-corrected chi connectivity index (χ2v) is 10.4. The average molecular weight is 480 g/mol. The molecule has 1 atom stereocenters. The first-order chi connectivity index (χ1) is 15.0. The summed E-state index contributed by atoms with van der Waals surface area (Å²) in [5.74, 6) is -0.596. The summed E-state index contributed by atoms with van der Waals surface area (Å²) < 4.78 is 31.0. The van der Waals surface area contributed by atoms with E-state index in [1.54, 1.807) is 43.3 Å². The number of amides is 2. The molecule has 1 fully saturated rings. The van der Waals surface area contributed by atoms with Crippen molar-refractivity contribution in [3.05, 3.63) is 58.6 Å². The fourth-order valence-electron chi connectivity index (χ4n) is 3.72. The number of carbonyl (C=O) groups excluding carboxylic acids is 2. The Morgan fingerprint density at radius 2 is 1.88 bits per heavy atom. The Bertz CT molecular complexity index is 1140. The van der Waals surface area contributed by atoms with Crippen molar-refractivity contribution in [3.63, 3.8) is 0 Å². The van der Waals surface area contributed by atoms with Gasteiger partial charge in [-0.3, -0.25) is 14.5 Å². The molecule has 3 rings (SSSR count). The molecule has 1 saturated heterocycles. The van der Waals surface area contributed by atoms with Crippen LogP contribution in [-0.4, -0.2) is 56.5 Å². The third-order valence-corrected chi connectivity index (χ3v) is 6.89. The number of piperazine rings is 1. The van der Waals surface area contributed by atoms with Crippen molar-refractivity contribution in [2.24, 2.45) is 0 Å². The molecular weight excluding hydrogens is 454 g/mol. The van der Waals surface area contributed by atoms with E-state index in [4.69, 9.17) is 16.3 Å². The predicted octanol–water partition coefficient (Wildman–Crippen LogP) is 2.34. The highest BCUT2D eigenvalue weighted by Crippen LogP contribution is 2.37. The molecule has 2 aromatic carbocycles. The van der Waals surface area contributed by atoms with Crippen LogP contribution < -0.4 is 15.0 Å². The molecule has 172 valence electrons. The van der Waals surface area contributed by atoms with E-state index in [1.165, 1.54) is 12.0 Å². The Hall–Kier alpha value is -2.62. The van der Waals surface area contributed by atoms with Gasteiger partial charge in [-0.25, -0.2) is 8.42 Å². The van der Waals surface area contributed by atoms with E-state index >= 15 is 0 Å². The number of carbonyl (C=O) groups is 2. The summed E-state index contributed by atoms with van der Waals surface area (Å²) in [5.41, 5.74) is 0.581. The second-order valence-electron chi connectivity index (χ2n) is 8.02. The van der Waals surface area contributed by atoms with Gasteiger partial charge < -0.3 is 10.1 Å². The van der Waals surface area contributed by atoms with Gasteiger partial charge in [-0.15, -0.1) is 0 Å². The molecular formula is C22H26ClN3O5S. The number of ether oxygens (including phenoxy) is 1. The Morgan fingerprint density at radius 3 is 2.47 bits per heavy atom. The number of hydrogen-bond acceptors (Lipinski definition) is 5. The largest absolute Gasteiger partial charge is 0.495 e. The molecule has 32 heavy (non-hydrogen) atoms. The molecule has 0 unspecified atom stereocenters. The fraction of sp³-hybridized carbons (Fsp3) is 0.364. The van der Waals surface area contributed by atoms with Crippen LogP contribution in [0.1, 0.15) is 18.1 Å². The van der Waals surface area contributed by atoms with Gasteiger partial charge in [0.15, 0.2) is 0 Å². The van der Waals surface area contributed by atoms with Crippen LogP contribution in [0.5, 0.6) is 5.75 Å². The Balaban J connectivity index is 2.02. The summed E-state index contributed by atoms with van der Waals surface area (Å²) in [4.78, 5) is 28.0.